The Hall–Kier alpha value is -0.910. The first-order valence-corrected chi connectivity index (χ1v) is 11.6. The molecule has 2 saturated carbocycles. The molecule has 0 heterocycles. The monoisotopic (exact) mass is 410 g/mol. The van der Waals surface area contributed by atoms with Gasteiger partial charge < -0.3 is 15.8 Å². The van der Waals surface area contributed by atoms with Crippen molar-refractivity contribution in [1.29, 1.82) is 0 Å². The third kappa shape index (κ3) is 5.78. The Kier molecular flexibility index (Phi) is 7.74. The molecule has 4 nitrogen and oxygen atoms in total. The number of ether oxygens (including phenoxy) is 1. The van der Waals surface area contributed by atoms with Crippen LogP contribution in [0.1, 0.15) is 55.3 Å². The zero-order chi connectivity index (χ0) is 19.1. The van der Waals surface area contributed by atoms with Crippen LogP contribution in [0.5, 0.6) is 5.75 Å². The van der Waals surface area contributed by atoms with Crippen LogP contribution in [0.25, 0.3) is 0 Å². The van der Waals surface area contributed by atoms with Crippen LogP contribution in [0.3, 0.4) is 0 Å². The molecule has 3 rings (SSSR count). The minimum Gasteiger partial charge on any atom is -0.493 e. The summed E-state index contributed by atoms with van der Waals surface area (Å²) in [4.78, 5) is 12.8. The predicted octanol–water partition coefficient (Wildman–Crippen LogP) is 4.50. The van der Waals surface area contributed by atoms with Gasteiger partial charge in [0.25, 0.3) is 5.91 Å². The Bertz CT molecular complexity index is 631. The van der Waals surface area contributed by atoms with Gasteiger partial charge in [-0.2, -0.15) is 11.8 Å². The first-order chi connectivity index (χ1) is 13.1. The lowest BCUT2D eigenvalue weighted by Gasteiger charge is -2.45. The first kappa shape index (κ1) is 20.8. The van der Waals surface area contributed by atoms with Crippen LogP contribution in [-0.4, -0.2) is 37.1 Å². The second kappa shape index (κ2) is 10.0. The molecule has 27 heavy (non-hydrogen) atoms. The lowest BCUT2D eigenvalue weighted by Crippen LogP contribution is -2.43. The summed E-state index contributed by atoms with van der Waals surface area (Å²) in [7, 11) is 0. The molecule has 0 saturated heterocycles. The van der Waals surface area contributed by atoms with E-state index in [2.05, 4.69) is 5.32 Å². The highest BCUT2D eigenvalue weighted by atomic mass is 35.5. The molecule has 0 atom stereocenters. The number of nitrogens with two attached hydrogens (primary N) is 1. The fraction of sp³-hybridized carbons (Fsp3) is 0.667. The first-order valence-electron chi connectivity index (χ1n) is 10.1. The fourth-order valence-electron chi connectivity index (χ4n) is 4.61. The quantitative estimate of drug-likeness (QED) is 0.588. The van der Waals surface area contributed by atoms with Crippen molar-refractivity contribution in [3.05, 3.63) is 28.8 Å². The number of hydrogen-bond donors (Lipinski definition) is 2. The highest BCUT2D eigenvalue weighted by Gasteiger charge is 2.39. The van der Waals surface area contributed by atoms with Crippen molar-refractivity contribution in [2.75, 3.05) is 31.2 Å². The third-order valence-corrected chi connectivity index (χ3v) is 7.23. The van der Waals surface area contributed by atoms with Gasteiger partial charge in [0.05, 0.1) is 17.2 Å². The molecule has 0 aromatic heterocycles. The highest BCUT2D eigenvalue weighted by molar-refractivity contribution is 7.99. The molecule has 0 spiro atoms. The predicted molar refractivity (Wildman–Crippen MR) is 114 cm³/mol. The summed E-state index contributed by atoms with van der Waals surface area (Å²) < 4.78 is 5.76. The Morgan fingerprint density at radius 2 is 2.07 bits per heavy atom. The van der Waals surface area contributed by atoms with Gasteiger partial charge in [0.15, 0.2) is 0 Å². The van der Waals surface area contributed by atoms with Crippen molar-refractivity contribution in [2.45, 2.75) is 44.9 Å². The Morgan fingerprint density at radius 3 is 2.81 bits per heavy atom. The van der Waals surface area contributed by atoms with Gasteiger partial charge in [-0.1, -0.05) is 37.3 Å². The molecule has 1 aromatic rings. The molecule has 0 radical (unpaired) electrons. The normalized spacial score (nSPS) is 24.4. The Morgan fingerprint density at radius 1 is 1.30 bits per heavy atom. The van der Waals surface area contributed by atoms with Crippen molar-refractivity contribution in [3.8, 4) is 5.75 Å². The zero-order valence-electron chi connectivity index (χ0n) is 16.0. The van der Waals surface area contributed by atoms with E-state index in [-0.39, 0.29) is 5.91 Å². The molecule has 2 aliphatic carbocycles. The second-order valence-corrected chi connectivity index (χ2v) is 9.56. The van der Waals surface area contributed by atoms with Crippen LogP contribution in [0, 0.1) is 11.3 Å². The van der Waals surface area contributed by atoms with Crippen molar-refractivity contribution in [3.63, 3.8) is 0 Å². The second-order valence-electron chi connectivity index (χ2n) is 7.93. The number of nitrogens with one attached hydrogen (secondary N) is 1. The number of amides is 1. The number of thioether (sulfide) groups is 1. The number of fused-ring (bicyclic) bond motifs is 2. The van der Waals surface area contributed by atoms with Crippen LogP contribution in [0.2, 0.25) is 5.02 Å². The molecule has 2 fully saturated rings. The van der Waals surface area contributed by atoms with Gasteiger partial charge in [0.2, 0.25) is 0 Å². The van der Waals surface area contributed by atoms with E-state index >= 15 is 0 Å². The number of hydrogen-bond acceptors (Lipinski definition) is 4. The lowest BCUT2D eigenvalue weighted by atomic mass is 9.62. The van der Waals surface area contributed by atoms with E-state index in [1.54, 1.807) is 23.9 Å². The molecule has 2 bridgehead atoms. The third-order valence-electron chi connectivity index (χ3n) is 5.93. The summed E-state index contributed by atoms with van der Waals surface area (Å²) in [5, 5.41) is 3.64. The molecular formula is C21H31ClN2O2S. The van der Waals surface area contributed by atoms with Crippen molar-refractivity contribution >= 4 is 29.3 Å². The van der Waals surface area contributed by atoms with Crippen molar-refractivity contribution in [2.24, 2.45) is 17.1 Å². The lowest BCUT2D eigenvalue weighted by molar-refractivity contribution is 0.0681. The van der Waals surface area contributed by atoms with E-state index < -0.39 is 0 Å². The van der Waals surface area contributed by atoms with Crippen molar-refractivity contribution < 1.29 is 9.53 Å². The molecule has 0 unspecified atom stereocenters. The fourth-order valence-corrected chi connectivity index (χ4v) is 5.38. The van der Waals surface area contributed by atoms with Crippen LogP contribution in [0.15, 0.2) is 18.2 Å². The van der Waals surface area contributed by atoms with Gasteiger partial charge in [-0.3, -0.25) is 4.79 Å². The molecular weight excluding hydrogens is 380 g/mol. The number of rotatable bonds is 9. The maximum atomic E-state index is 12.8. The molecule has 150 valence electrons. The van der Waals surface area contributed by atoms with Crippen molar-refractivity contribution in [1.82, 2.24) is 5.32 Å². The van der Waals surface area contributed by atoms with E-state index in [0.717, 1.165) is 24.0 Å². The Labute approximate surface area is 171 Å². The molecule has 3 N–H and O–H groups in total. The number of carbonyl (C=O) groups is 1. The molecule has 1 aromatic carbocycles. The number of carbonyl (C=O) groups excluding carboxylic acids is 1. The summed E-state index contributed by atoms with van der Waals surface area (Å²) in [5.74, 6) is 3.27. The minimum absolute atomic E-state index is 0.0926. The van der Waals surface area contributed by atoms with Gasteiger partial charge in [0, 0.05) is 24.6 Å². The van der Waals surface area contributed by atoms with E-state index in [9.17, 15) is 4.79 Å². The summed E-state index contributed by atoms with van der Waals surface area (Å²) in [6.07, 6.45) is 9.07. The van der Waals surface area contributed by atoms with Crippen LogP contribution in [0.4, 0.5) is 0 Å². The average Bonchev–Trinajstić information content (AvgIpc) is 2.67. The zero-order valence-corrected chi connectivity index (χ0v) is 17.5. The van der Waals surface area contributed by atoms with E-state index in [0.29, 0.717) is 34.9 Å². The van der Waals surface area contributed by atoms with Crippen LogP contribution >= 0.6 is 23.4 Å². The number of halogens is 1. The Balaban J connectivity index is 1.55. The topological polar surface area (TPSA) is 64.3 Å². The molecule has 0 aliphatic heterocycles. The maximum Gasteiger partial charge on any atom is 0.252 e. The van der Waals surface area contributed by atoms with Crippen LogP contribution in [-0.2, 0) is 0 Å². The molecule has 6 heteroatoms. The van der Waals surface area contributed by atoms with E-state index in [1.165, 1.54) is 44.9 Å². The SMILES string of the molecule is NCCSCCOc1ccc(Cl)c(C(=O)NCC23CCCC(CCC2)C3)c1. The number of benzene rings is 1. The summed E-state index contributed by atoms with van der Waals surface area (Å²) in [5.41, 5.74) is 6.29. The summed E-state index contributed by atoms with van der Waals surface area (Å²) in [6.45, 7) is 2.04. The molecule has 2 aliphatic rings. The largest absolute Gasteiger partial charge is 0.493 e. The standard InChI is InChI=1S/C21H31ClN2O2S/c22-19-6-5-17(26-10-12-27-11-9-23)13-18(19)20(25)24-15-21-7-1-3-16(14-21)4-2-8-21/h5-6,13,16H,1-4,7-12,14-15,23H2,(H,24,25). The smallest absolute Gasteiger partial charge is 0.252 e. The average molecular weight is 411 g/mol. The van der Waals surface area contributed by atoms with Gasteiger partial charge in [-0.05, 0) is 48.8 Å². The maximum absolute atomic E-state index is 12.8. The van der Waals surface area contributed by atoms with Crippen LogP contribution < -0.4 is 15.8 Å². The molecule has 1 amide bonds. The van der Waals surface area contributed by atoms with Gasteiger partial charge >= 0.3 is 0 Å². The van der Waals surface area contributed by atoms with Gasteiger partial charge in [0.1, 0.15) is 5.75 Å². The highest BCUT2D eigenvalue weighted by Crippen LogP contribution is 2.48. The summed E-state index contributed by atoms with van der Waals surface area (Å²) in [6, 6.07) is 5.32. The van der Waals surface area contributed by atoms with Gasteiger partial charge in [-0.15, -0.1) is 0 Å². The minimum atomic E-state index is -0.0926. The summed E-state index contributed by atoms with van der Waals surface area (Å²) >= 11 is 8.05. The van der Waals surface area contributed by atoms with E-state index in [4.69, 9.17) is 22.1 Å². The van der Waals surface area contributed by atoms with E-state index in [1.807, 2.05) is 6.07 Å². The van der Waals surface area contributed by atoms with Gasteiger partial charge in [-0.25, -0.2) is 0 Å².